The first-order chi connectivity index (χ1) is 14.8. The van der Waals surface area contributed by atoms with E-state index in [0.29, 0.717) is 0 Å². The molecule has 158 valence electrons. The quantitative estimate of drug-likeness (QED) is 0.534. The number of aliphatic hydroxyl groups is 1. The van der Waals surface area contributed by atoms with E-state index in [1.807, 2.05) is 78.9 Å². The average Bonchev–Trinajstić information content (AvgIpc) is 3.08. The van der Waals surface area contributed by atoms with Crippen molar-refractivity contribution in [1.29, 1.82) is 0 Å². The molecule has 0 spiro atoms. The molecule has 0 fully saturated rings. The van der Waals surface area contributed by atoms with Crippen molar-refractivity contribution in [2.24, 2.45) is 0 Å². The normalized spacial score (nSPS) is 16.5. The molecule has 3 aromatic rings. The van der Waals surface area contributed by atoms with Gasteiger partial charge in [0.15, 0.2) is 5.60 Å². The lowest BCUT2D eigenvalue weighted by molar-refractivity contribution is -0.169. The van der Waals surface area contributed by atoms with Crippen LogP contribution in [0.3, 0.4) is 0 Å². The van der Waals surface area contributed by atoms with Gasteiger partial charge in [-0.05, 0) is 34.7 Å². The zero-order valence-corrected chi connectivity index (χ0v) is 17.2. The topological polar surface area (TPSA) is 95.9 Å². The molecule has 1 aliphatic carbocycles. The maximum atomic E-state index is 12.7. The standard InChI is InChI=1S/C25H23NO5/c1-24(30,23(28)29)21(22(27)31-2)26-25(16-10-4-3-5-11-16)19-14-8-6-12-17(19)18-13-7-9-15-20(18)25/h3-15,21,26,30H,1-2H3,(H,28,29)/t21-,24-/m1/s1. The number of aliphatic carboxylic acids is 1. The summed E-state index contributed by atoms with van der Waals surface area (Å²) in [4.78, 5) is 24.6. The molecule has 0 saturated heterocycles. The van der Waals surface area contributed by atoms with Gasteiger partial charge in [-0.3, -0.25) is 10.1 Å². The number of carbonyl (C=O) groups is 2. The molecule has 6 heteroatoms. The molecule has 1 aliphatic rings. The molecular weight excluding hydrogens is 394 g/mol. The van der Waals surface area contributed by atoms with E-state index in [-0.39, 0.29) is 0 Å². The van der Waals surface area contributed by atoms with E-state index in [9.17, 15) is 19.8 Å². The molecular formula is C25H23NO5. The number of ether oxygens (including phenoxy) is 1. The molecule has 0 amide bonds. The van der Waals surface area contributed by atoms with Gasteiger partial charge in [-0.2, -0.15) is 0 Å². The van der Waals surface area contributed by atoms with Crippen molar-refractivity contribution in [3.05, 3.63) is 95.6 Å². The van der Waals surface area contributed by atoms with Crippen LogP contribution < -0.4 is 5.32 Å². The van der Waals surface area contributed by atoms with Gasteiger partial charge in [0.05, 0.1) is 12.6 Å². The summed E-state index contributed by atoms with van der Waals surface area (Å²) >= 11 is 0. The third kappa shape index (κ3) is 3.12. The van der Waals surface area contributed by atoms with Crippen LogP contribution in [0, 0.1) is 0 Å². The van der Waals surface area contributed by atoms with E-state index in [1.54, 1.807) is 0 Å². The monoisotopic (exact) mass is 417 g/mol. The summed E-state index contributed by atoms with van der Waals surface area (Å²) in [5, 5.41) is 23.7. The Balaban J connectivity index is 2.03. The molecule has 31 heavy (non-hydrogen) atoms. The number of rotatable bonds is 6. The number of hydrogen-bond acceptors (Lipinski definition) is 5. The molecule has 0 aliphatic heterocycles. The van der Waals surface area contributed by atoms with Crippen molar-refractivity contribution < 1.29 is 24.5 Å². The second-order valence-electron chi connectivity index (χ2n) is 7.76. The first kappa shape index (κ1) is 20.8. The third-order valence-corrected chi connectivity index (χ3v) is 5.95. The maximum absolute atomic E-state index is 12.7. The number of benzene rings is 3. The molecule has 0 heterocycles. The summed E-state index contributed by atoms with van der Waals surface area (Å²) in [6.07, 6.45) is 0. The molecule has 6 nitrogen and oxygen atoms in total. The zero-order valence-electron chi connectivity index (χ0n) is 17.2. The van der Waals surface area contributed by atoms with Gasteiger partial charge in [-0.15, -0.1) is 0 Å². The fourth-order valence-corrected chi connectivity index (χ4v) is 4.36. The number of hydrogen-bond donors (Lipinski definition) is 3. The minimum atomic E-state index is -2.42. The Morgan fingerprint density at radius 3 is 1.87 bits per heavy atom. The Bertz CT molecular complexity index is 1090. The molecule has 0 radical (unpaired) electrons. The van der Waals surface area contributed by atoms with Gasteiger partial charge < -0.3 is 14.9 Å². The lowest BCUT2D eigenvalue weighted by Gasteiger charge is -2.40. The van der Waals surface area contributed by atoms with E-state index in [1.165, 1.54) is 7.11 Å². The lowest BCUT2D eigenvalue weighted by Crippen LogP contribution is -2.63. The van der Waals surface area contributed by atoms with Crippen LogP contribution in [-0.4, -0.2) is 40.9 Å². The highest BCUT2D eigenvalue weighted by atomic mass is 16.5. The first-order valence-electron chi connectivity index (χ1n) is 9.90. The Morgan fingerprint density at radius 2 is 1.39 bits per heavy atom. The molecule has 0 saturated carbocycles. The van der Waals surface area contributed by atoms with Gasteiger partial charge in [0, 0.05) is 0 Å². The third-order valence-electron chi connectivity index (χ3n) is 5.95. The van der Waals surface area contributed by atoms with Crippen LogP contribution in [0.1, 0.15) is 23.6 Å². The van der Waals surface area contributed by atoms with Crippen molar-refractivity contribution in [2.75, 3.05) is 7.11 Å². The highest BCUT2D eigenvalue weighted by Gasteiger charge is 2.53. The lowest BCUT2D eigenvalue weighted by atomic mass is 9.78. The maximum Gasteiger partial charge on any atom is 0.337 e. The minimum absolute atomic E-state index is 0.808. The minimum Gasteiger partial charge on any atom is -0.479 e. The summed E-state index contributed by atoms with van der Waals surface area (Å²) < 4.78 is 4.89. The Hall–Kier alpha value is -3.48. The van der Waals surface area contributed by atoms with E-state index < -0.39 is 29.1 Å². The van der Waals surface area contributed by atoms with Crippen LogP contribution in [0.2, 0.25) is 0 Å². The number of carbonyl (C=O) groups excluding carboxylic acids is 1. The van der Waals surface area contributed by atoms with Crippen molar-refractivity contribution in [3.8, 4) is 11.1 Å². The SMILES string of the molecule is COC(=O)[C@@H](NC1(c2ccccc2)c2ccccc2-c2ccccc21)[C@@](C)(O)C(=O)O. The number of esters is 1. The molecule has 0 unspecified atom stereocenters. The Kier molecular flexibility index (Phi) is 5.13. The number of carboxylic acid groups (broad SMARTS) is 1. The number of fused-ring (bicyclic) bond motifs is 3. The van der Waals surface area contributed by atoms with Crippen molar-refractivity contribution in [2.45, 2.75) is 24.1 Å². The van der Waals surface area contributed by atoms with Gasteiger partial charge in [-0.25, -0.2) is 4.79 Å². The summed E-state index contributed by atoms with van der Waals surface area (Å²) in [6, 6.07) is 23.4. The molecule has 3 N–H and O–H groups in total. The Morgan fingerprint density at radius 1 is 0.903 bits per heavy atom. The number of nitrogens with one attached hydrogen (secondary N) is 1. The van der Waals surface area contributed by atoms with Crippen molar-refractivity contribution in [3.63, 3.8) is 0 Å². The summed E-state index contributed by atoms with van der Waals surface area (Å²) in [6.45, 7) is 1.09. The number of methoxy groups -OCH3 is 1. The van der Waals surface area contributed by atoms with Crippen LogP contribution in [0.15, 0.2) is 78.9 Å². The van der Waals surface area contributed by atoms with Gasteiger partial charge >= 0.3 is 11.9 Å². The van der Waals surface area contributed by atoms with E-state index in [2.05, 4.69) is 5.32 Å². The summed E-state index contributed by atoms with van der Waals surface area (Å²) in [5.74, 6) is -2.40. The van der Waals surface area contributed by atoms with Gasteiger partial charge in [0.1, 0.15) is 6.04 Å². The molecule has 4 rings (SSSR count). The van der Waals surface area contributed by atoms with Gasteiger partial charge in [0.25, 0.3) is 0 Å². The predicted molar refractivity (Wildman–Crippen MR) is 115 cm³/mol. The highest BCUT2D eigenvalue weighted by Crippen LogP contribution is 2.51. The second-order valence-corrected chi connectivity index (χ2v) is 7.76. The predicted octanol–water partition coefficient (Wildman–Crippen LogP) is 2.93. The van der Waals surface area contributed by atoms with Gasteiger partial charge in [-0.1, -0.05) is 78.9 Å². The average molecular weight is 417 g/mol. The fourth-order valence-electron chi connectivity index (χ4n) is 4.36. The smallest absolute Gasteiger partial charge is 0.337 e. The number of carboxylic acids is 1. The highest BCUT2D eigenvalue weighted by molar-refractivity contribution is 5.90. The molecule has 3 aromatic carbocycles. The van der Waals surface area contributed by atoms with E-state index >= 15 is 0 Å². The van der Waals surface area contributed by atoms with Crippen LogP contribution in [0.4, 0.5) is 0 Å². The van der Waals surface area contributed by atoms with Crippen LogP contribution in [-0.2, 0) is 19.9 Å². The van der Waals surface area contributed by atoms with Crippen LogP contribution in [0.25, 0.3) is 11.1 Å². The van der Waals surface area contributed by atoms with Crippen molar-refractivity contribution >= 4 is 11.9 Å². The Labute approximate surface area is 180 Å². The van der Waals surface area contributed by atoms with Crippen LogP contribution in [0.5, 0.6) is 0 Å². The zero-order chi connectivity index (χ0) is 22.2. The molecule has 0 bridgehead atoms. The molecule has 0 aromatic heterocycles. The van der Waals surface area contributed by atoms with Crippen LogP contribution >= 0.6 is 0 Å². The van der Waals surface area contributed by atoms with E-state index in [4.69, 9.17) is 4.74 Å². The van der Waals surface area contributed by atoms with E-state index in [0.717, 1.165) is 34.7 Å². The summed E-state index contributed by atoms with van der Waals surface area (Å²) in [7, 11) is 1.17. The molecule has 2 atom stereocenters. The second kappa shape index (κ2) is 7.65. The largest absolute Gasteiger partial charge is 0.479 e. The fraction of sp³-hybridized carbons (Fsp3) is 0.200. The van der Waals surface area contributed by atoms with Gasteiger partial charge in [0.2, 0.25) is 0 Å². The van der Waals surface area contributed by atoms with Crippen molar-refractivity contribution in [1.82, 2.24) is 5.32 Å². The summed E-state index contributed by atoms with van der Waals surface area (Å²) in [5.41, 5.74) is 0.965. The first-order valence-corrected chi connectivity index (χ1v) is 9.90.